The maximum Gasteiger partial charge on any atom is 0.340 e. The number of sulfonamides is 1. The van der Waals surface area contributed by atoms with Crippen molar-refractivity contribution in [1.29, 1.82) is 0 Å². The van der Waals surface area contributed by atoms with Crippen LogP contribution in [-0.4, -0.2) is 65.2 Å². The molecule has 1 rings (SSSR count). The van der Waals surface area contributed by atoms with Crippen molar-refractivity contribution < 1.29 is 32.2 Å². The highest BCUT2D eigenvalue weighted by Gasteiger charge is 2.34. The highest BCUT2D eigenvalue weighted by atomic mass is 32.2. The smallest absolute Gasteiger partial charge is 0.340 e. The lowest BCUT2D eigenvalue weighted by atomic mass is 10.3. The summed E-state index contributed by atoms with van der Waals surface area (Å²) in [6, 6.07) is 0. The number of rotatable bonds is 7. The SMILES string of the molecule is Cc1[nH]nc(S(=O)(=O)N(CCO)CC(F)F)c1C(=O)O. The molecule has 1 aromatic heterocycles. The average Bonchev–Trinajstić information content (AvgIpc) is 2.70. The molecule has 0 bridgehead atoms. The predicted octanol–water partition coefficient (Wildman–Crippen LogP) is -0.336. The first-order valence-corrected chi connectivity index (χ1v) is 6.83. The molecule has 1 heterocycles. The molecule has 0 aromatic carbocycles. The Balaban J connectivity index is 3.30. The van der Waals surface area contributed by atoms with Crippen molar-refractivity contribution in [3.8, 4) is 0 Å². The minimum absolute atomic E-state index is 0.0166. The number of aromatic carboxylic acids is 1. The van der Waals surface area contributed by atoms with Crippen molar-refractivity contribution in [2.45, 2.75) is 18.4 Å². The van der Waals surface area contributed by atoms with E-state index in [1.165, 1.54) is 6.92 Å². The number of nitrogens with one attached hydrogen (secondary N) is 1. The lowest BCUT2D eigenvalue weighted by Gasteiger charge is -2.19. The van der Waals surface area contributed by atoms with Gasteiger partial charge in [-0.05, 0) is 6.92 Å². The Labute approximate surface area is 113 Å². The van der Waals surface area contributed by atoms with Crippen LogP contribution in [0.15, 0.2) is 5.03 Å². The molecule has 0 atom stereocenters. The van der Waals surface area contributed by atoms with Crippen LogP contribution in [0.25, 0.3) is 0 Å². The van der Waals surface area contributed by atoms with Crippen molar-refractivity contribution in [3.05, 3.63) is 11.3 Å². The molecular formula is C9H13F2N3O5S. The summed E-state index contributed by atoms with van der Waals surface area (Å²) in [5.74, 6) is -1.55. The Morgan fingerprint density at radius 3 is 2.55 bits per heavy atom. The van der Waals surface area contributed by atoms with E-state index in [1.54, 1.807) is 0 Å². The van der Waals surface area contributed by atoms with E-state index in [1.807, 2.05) is 0 Å². The lowest BCUT2D eigenvalue weighted by Crippen LogP contribution is -2.38. The van der Waals surface area contributed by atoms with Crippen molar-refractivity contribution >= 4 is 16.0 Å². The zero-order chi connectivity index (χ0) is 15.5. The number of alkyl halides is 2. The average molecular weight is 313 g/mol. The maximum absolute atomic E-state index is 12.4. The number of aryl methyl sites for hydroxylation is 1. The topological polar surface area (TPSA) is 124 Å². The number of carbonyl (C=O) groups is 1. The number of nitrogens with zero attached hydrogens (tertiary/aromatic N) is 2. The van der Waals surface area contributed by atoms with Crippen molar-refractivity contribution in [2.24, 2.45) is 0 Å². The molecule has 3 N–H and O–H groups in total. The molecule has 11 heteroatoms. The first-order valence-electron chi connectivity index (χ1n) is 5.39. The zero-order valence-electron chi connectivity index (χ0n) is 10.4. The molecule has 0 amide bonds. The summed E-state index contributed by atoms with van der Waals surface area (Å²) in [6.45, 7) is -1.14. The monoisotopic (exact) mass is 313 g/mol. The van der Waals surface area contributed by atoms with E-state index < -0.39 is 52.7 Å². The molecule has 20 heavy (non-hydrogen) atoms. The van der Waals surface area contributed by atoms with E-state index in [2.05, 4.69) is 10.2 Å². The van der Waals surface area contributed by atoms with Gasteiger partial charge in [0.2, 0.25) is 5.03 Å². The molecule has 0 aliphatic rings. The van der Waals surface area contributed by atoms with Crippen LogP contribution in [0, 0.1) is 6.92 Å². The number of H-pyrrole nitrogens is 1. The molecular weight excluding hydrogens is 300 g/mol. The number of hydrogen-bond donors (Lipinski definition) is 3. The molecule has 0 saturated heterocycles. The van der Waals surface area contributed by atoms with Gasteiger partial charge in [-0.25, -0.2) is 22.0 Å². The third-order valence-electron chi connectivity index (χ3n) is 2.40. The minimum atomic E-state index is -4.54. The number of aromatic amines is 1. The summed E-state index contributed by atoms with van der Waals surface area (Å²) >= 11 is 0. The third kappa shape index (κ3) is 3.29. The Hall–Kier alpha value is -1.59. The maximum atomic E-state index is 12.4. The summed E-state index contributed by atoms with van der Waals surface area (Å²) in [5.41, 5.74) is -0.626. The molecule has 0 aliphatic carbocycles. The Morgan fingerprint density at radius 1 is 1.50 bits per heavy atom. The number of aliphatic hydroxyl groups is 1. The van der Waals surface area contributed by atoms with Gasteiger partial charge in [0.1, 0.15) is 5.56 Å². The van der Waals surface area contributed by atoms with Gasteiger partial charge in [-0.2, -0.15) is 9.40 Å². The van der Waals surface area contributed by atoms with E-state index in [-0.39, 0.29) is 5.69 Å². The van der Waals surface area contributed by atoms with Crippen LogP contribution >= 0.6 is 0 Å². The first kappa shape index (κ1) is 16.5. The summed E-state index contributed by atoms with van der Waals surface area (Å²) in [4.78, 5) is 11.0. The number of halogens is 2. The van der Waals surface area contributed by atoms with E-state index in [4.69, 9.17) is 10.2 Å². The molecule has 0 fully saturated rings. The fraction of sp³-hybridized carbons (Fsp3) is 0.556. The number of carboxylic acids is 1. The fourth-order valence-corrected chi connectivity index (χ4v) is 3.08. The highest BCUT2D eigenvalue weighted by molar-refractivity contribution is 7.89. The van der Waals surface area contributed by atoms with Gasteiger partial charge in [0.15, 0.2) is 0 Å². The summed E-state index contributed by atoms with van der Waals surface area (Å²) in [5, 5.41) is 22.4. The summed E-state index contributed by atoms with van der Waals surface area (Å²) in [7, 11) is -4.54. The van der Waals surface area contributed by atoms with Crippen LogP contribution in [0.1, 0.15) is 16.1 Å². The molecule has 0 unspecified atom stereocenters. The predicted molar refractivity (Wildman–Crippen MR) is 62.1 cm³/mol. The lowest BCUT2D eigenvalue weighted by molar-refractivity contribution is 0.0691. The second-order valence-electron chi connectivity index (χ2n) is 3.81. The van der Waals surface area contributed by atoms with Gasteiger partial charge in [-0.3, -0.25) is 5.10 Å². The van der Waals surface area contributed by atoms with Gasteiger partial charge in [0.05, 0.1) is 13.2 Å². The van der Waals surface area contributed by atoms with Crippen molar-refractivity contribution in [1.82, 2.24) is 14.5 Å². The van der Waals surface area contributed by atoms with Gasteiger partial charge < -0.3 is 10.2 Å². The third-order valence-corrected chi connectivity index (χ3v) is 4.20. The molecule has 0 saturated carbocycles. The van der Waals surface area contributed by atoms with Crippen LogP contribution in [0.3, 0.4) is 0 Å². The van der Waals surface area contributed by atoms with Gasteiger partial charge in [-0.1, -0.05) is 0 Å². The van der Waals surface area contributed by atoms with Crippen LogP contribution < -0.4 is 0 Å². The van der Waals surface area contributed by atoms with Crippen molar-refractivity contribution in [2.75, 3.05) is 19.7 Å². The second-order valence-corrected chi connectivity index (χ2v) is 5.66. The Bertz CT molecular complexity index is 586. The Morgan fingerprint density at radius 2 is 2.10 bits per heavy atom. The van der Waals surface area contributed by atoms with Crippen LogP contribution in [0.4, 0.5) is 8.78 Å². The van der Waals surface area contributed by atoms with Crippen molar-refractivity contribution in [3.63, 3.8) is 0 Å². The highest BCUT2D eigenvalue weighted by Crippen LogP contribution is 2.21. The summed E-state index contributed by atoms with van der Waals surface area (Å²) < 4.78 is 49.3. The number of carboxylic acid groups (broad SMARTS) is 1. The molecule has 0 radical (unpaired) electrons. The van der Waals surface area contributed by atoms with E-state index in [0.717, 1.165) is 0 Å². The standard InChI is InChI=1S/C9H13F2N3O5S/c1-5-7(9(16)17)8(13-12-5)20(18,19)14(2-3-15)4-6(10)11/h6,15H,2-4H2,1H3,(H,12,13)(H,16,17). The number of aromatic nitrogens is 2. The molecule has 0 spiro atoms. The van der Waals surface area contributed by atoms with E-state index >= 15 is 0 Å². The molecule has 1 aromatic rings. The zero-order valence-corrected chi connectivity index (χ0v) is 11.2. The van der Waals surface area contributed by atoms with E-state index in [0.29, 0.717) is 4.31 Å². The number of aliphatic hydroxyl groups excluding tert-OH is 1. The van der Waals surface area contributed by atoms with Crippen LogP contribution in [0.2, 0.25) is 0 Å². The van der Waals surface area contributed by atoms with Gasteiger partial charge in [0, 0.05) is 12.2 Å². The van der Waals surface area contributed by atoms with E-state index in [9.17, 15) is 22.0 Å². The van der Waals surface area contributed by atoms with Gasteiger partial charge in [0.25, 0.3) is 16.4 Å². The molecule has 0 aliphatic heterocycles. The minimum Gasteiger partial charge on any atom is -0.478 e. The second kappa shape index (κ2) is 6.24. The Kier molecular flexibility index (Phi) is 5.14. The molecule has 8 nitrogen and oxygen atoms in total. The summed E-state index contributed by atoms with van der Waals surface area (Å²) in [6.07, 6.45) is -2.97. The normalized spacial score (nSPS) is 12.3. The van der Waals surface area contributed by atoms with Crippen LogP contribution in [-0.2, 0) is 10.0 Å². The quantitative estimate of drug-likeness (QED) is 0.633. The fourth-order valence-electron chi connectivity index (χ4n) is 1.54. The number of hydrogen-bond acceptors (Lipinski definition) is 5. The van der Waals surface area contributed by atoms with Crippen LogP contribution in [0.5, 0.6) is 0 Å². The first-order chi connectivity index (χ1) is 9.21. The molecule has 114 valence electrons. The van der Waals surface area contributed by atoms with Gasteiger partial charge >= 0.3 is 5.97 Å². The largest absolute Gasteiger partial charge is 0.478 e. The van der Waals surface area contributed by atoms with Gasteiger partial charge in [-0.15, -0.1) is 0 Å².